The molecule has 0 aliphatic carbocycles. The zero-order chi connectivity index (χ0) is 22.1. The lowest BCUT2D eigenvalue weighted by atomic mass is 9.93. The van der Waals surface area contributed by atoms with Gasteiger partial charge in [-0.05, 0) is 54.5 Å². The molecule has 4 aromatic rings. The molecule has 3 N–H and O–H groups in total. The van der Waals surface area contributed by atoms with Gasteiger partial charge >= 0.3 is 0 Å². The quantitative estimate of drug-likeness (QED) is 0.342. The Morgan fingerprint density at radius 3 is 2.59 bits per heavy atom. The van der Waals surface area contributed by atoms with Crippen LogP contribution in [0.4, 0.5) is 4.39 Å². The summed E-state index contributed by atoms with van der Waals surface area (Å²) < 4.78 is 14.7. The maximum absolute atomic E-state index is 14.7. The van der Waals surface area contributed by atoms with Crippen LogP contribution in [0, 0.1) is 12.7 Å². The molecule has 3 nitrogen and oxygen atoms in total. The minimum atomic E-state index is -0.426. The number of halogens is 1. The fourth-order valence-electron chi connectivity index (χ4n) is 4.90. The van der Waals surface area contributed by atoms with Crippen molar-refractivity contribution < 1.29 is 9.50 Å². The molecule has 32 heavy (non-hydrogen) atoms. The first-order valence-corrected chi connectivity index (χ1v) is 11.5. The van der Waals surface area contributed by atoms with Crippen LogP contribution in [-0.2, 0) is 13.0 Å². The molecule has 1 aliphatic rings. The zero-order valence-electron chi connectivity index (χ0n) is 18.4. The van der Waals surface area contributed by atoms with Crippen molar-refractivity contribution in [1.82, 2.24) is 10.3 Å². The average molecular weight is 429 g/mol. The van der Waals surface area contributed by atoms with Crippen molar-refractivity contribution >= 4 is 10.9 Å². The minimum Gasteiger partial charge on any atom is -0.388 e. The third-order valence-corrected chi connectivity index (χ3v) is 6.69. The Morgan fingerprint density at radius 2 is 1.81 bits per heavy atom. The van der Waals surface area contributed by atoms with Gasteiger partial charge in [0.05, 0.1) is 11.6 Å². The van der Waals surface area contributed by atoms with Crippen LogP contribution in [0.25, 0.3) is 22.0 Å². The number of aryl methyl sites for hydroxylation is 1. The zero-order valence-corrected chi connectivity index (χ0v) is 18.4. The maximum atomic E-state index is 14.7. The molecule has 0 bridgehead atoms. The number of H-pyrrole nitrogens is 1. The van der Waals surface area contributed by atoms with Gasteiger partial charge in [0.15, 0.2) is 0 Å². The average Bonchev–Trinajstić information content (AvgIpc) is 3.20. The molecule has 0 saturated carbocycles. The molecule has 0 fully saturated rings. The molecule has 2 atom stereocenters. The normalized spacial score (nSPS) is 16.8. The maximum Gasteiger partial charge on any atom is 0.147 e. The Kier molecular flexibility index (Phi) is 5.81. The van der Waals surface area contributed by atoms with E-state index in [0.29, 0.717) is 11.6 Å². The van der Waals surface area contributed by atoms with Crippen LogP contribution in [0.1, 0.15) is 47.8 Å². The van der Waals surface area contributed by atoms with Gasteiger partial charge in [-0.25, -0.2) is 4.39 Å². The summed E-state index contributed by atoms with van der Waals surface area (Å²) in [5, 5.41) is 15.1. The van der Waals surface area contributed by atoms with E-state index in [1.54, 1.807) is 6.07 Å². The highest BCUT2D eigenvalue weighted by atomic mass is 19.1. The van der Waals surface area contributed by atoms with Crippen LogP contribution in [0.15, 0.2) is 66.7 Å². The molecule has 3 aromatic carbocycles. The third-order valence-electron chi connectivity index (χ3n) is 6.69. The van der Waals surface area contributed by atoms with Crippen LogP contribution in [0.3, 0.4) is 0 Å². The second-order valence-electron chi connectivity index (χ2n) is 8.93. The topological polar surface area (TPSA) is 48.0 Å². The van der Waals surface area contributed by atoms with Crippen LogP contribution in [0.5, 0.6) is 0 Å². The van der Waals surface area contributed by atoms with E-state index in [4.69, 9.17) is 0 Å². The monoisotopic (exact) mass is 428 g/mol. The van der Waals surface area contributed by atoms with Crippen LogP contribution in [-0.4, -0.2) is 16.1 Å². The molecule has 1 aliphatic heterocycles. The summed E-state index contributed by atoms with van der Waals surface area (Å²) in [7, 11) is 0. The summed E-state index contributed by atoms with van der Waals surface area (Å²) in [6.45, 7) is 2.78. The van der Waals surface area contributed by atoms with Crippen molar-refractivity contribution in [3.8, 4) is 11.1 Å². The van der Waals surface area contributed by atoms with E-state index in [-0.39, 0.29) is 5.82 Å². The summed E-state index contributed by atoms with van der Waals surface area (Å²) >= 11 is 0. The standard InChI is InChI=1S/C28H29FN2O/c1-18-10-12-20(13-11-18)26(32)9-5-8-21-16-25-23(17-30-21)27-22(19-6-3-2-4-7-19)14-15-24(29)28(27)31-25/h2-4,6-7,10-15,21,26,30-32H,5,8-9,16-17H2,1H3. The molecule has 4 heteroatoms. The molecular formula is C28H29FN2O. The number of aliphatic hydroxyl groups is 1. The van der Waals surface area contributed by atoms with E-state index in [9.17, 15) is 9.50 Å². The van der Waals surface area contributed by atoms with Gasteiger partial charge in [-0.15, -0.1) is 0 Å². The smallest absolute Gasteiger partial charge is 0.147 e. The van der Waals surface area contributed by atoms with Gasteiger partial charge in [0.1, 0.15) is 5.82 Å². The van der Waals surface area contributed by atoms with Crippen molar-refractivity contribution in [3.05, 3.63) is 94.9 Å². The number of fused-ring (bicyclic) bond motifs is 3. The van der Waals surface area contributed by atoms with Crippen molar-refractivity contribution in [1.29, 1.82) is 0 Å². The first-order valence-electron chi connectivity index (χ1n) is 11.5. The Bertz CT molecular complexity index is 1210. The summed E-state index contributed by atoms with van der Waals surface area (Å²) in [4.78, 5) is 3.39. The summed E-state index contributed by atoms with van der Waals surface area (Å²) in [5.41, 5.74) is 7.27. The molecule has 2 unspecified atom stereocenters. The van der Waals surface area contributed by atoms with E-state index in [1.807, 2.05) is 48.5 Å². The van der Waals surface area contributed by atoms with Crippen LogP contribution >= 0.6 is 0 Å². The predicted octanol–water partition coefficient (Wildman–Crippen LogP) is 6.20. The van der Waals surface area contributed by atoms with Crippen LogP contribution in [0.2, 0.25) is 0 Å². The molecular weight excluding hydrogens is 399 g/mol. The largest absolute Gasteiger partial charge is 0.388 e. The van der Waals surface area contributed by atoms with E-state index < -0.39 is 6.10 Å². The number of aromatic nitrogens is 1. The highest BCUT2D eigenvalue weighted by Gasteiger charge is 2.25. The first kappa shape index (κ1) is 20.9. The molecule has 2 heterocycles. The summed E-state index contributed by atoms with van der Waals surface area (Å²) in [6, 6.07) is 22.1. The van der Waals surface area contributed by atoms with Gasteiger partial charge in [0.25, 0.3) is 0 Å². The summed E-state index contributed by atoms with van der Waals surface area (Å²) in [6.07, 6.45) is 3.08. The van der Waals surface area contributed by atoms with E-state index >= 15 is 0 Å². The van der Waals surface area contributed by atoms with E-state index in [2.05, 4.69) is 29.4 Å². The van der Waals surface area contributed by atoms with Crippen molar-refractivity contribution in [2.75, 3.05) is 0 Å². The number of hydrogen-bond donors (Lipinski definition) is 3. The Labute approximate surface area is 188 Å². The van der Waals surface area contributed by atoms with Crippen molar-refractivity contribution in [2.24, 2.45) is 0 Å². The van der Waals surface area contributed by atoms with Gasteiger partial charge in [0.2, 0.25) is 0 Å². The van der Waals surface area contributed by atoms with Crippen molar-refractivity contribution in [2.45, 2.75) is 51.3 Å². The van der Waals surface area contributed by atoms with Gasteiger partial charge in [-0.2, -0.15) is 0 Å². The minimum absolute atomic E-state index is 0.202. The molecule has 5 rings (SSSR count). The highest BCUT2D eigenvalue weighted by Crippen LogP contribution is 2.36. The molecule has 164 valence electrons. The lowest BCUT2D eigenvalue weighted by Gasteiger charge is -2.25. The number of hydrogen-bond acceptors (Lipinski definition) is 2. The number of aliphatic hydroxyl groups excluding tert-OH is 1. The van der Waals surface area contributed by atoms with E-state index in [0.717, 1.165) is 60.0 Å². The number of rotatable bonds is 6. The highest BCUT2D eigenvalue weighted by molar-refractivity contribution is 5.99. The molecule has 0 saturated heterocycles. The first-order chi connectivity index (χ1) is 15.6. The number of benzene rings is 3. The number of aromatic amines is 1. The Balaban J connectivity index is 1.30. The lowest BCUT2D eigenvalue weighted by Crippen LogP contribution is -2.35. The van der Waals surface area contributed by atoms with Gasteiger partial charge in [0, 0.05) is 30.1 Å². The molecule has 0 amide bonds. The van der Waals surface area contributed by atoms with Crippen molar-refractivity contribution in [3.63, 3.8) is 0 Å². The van der Waals surface area contributed by atoms with Gasteiger partial charge in [-0.1, -0.05) is 66.2 Å². The second kappa shape index (κ2) is 8.89. The SMILES string of the molecule is Cc1ccc(C(O)CCCC2Cc3[nH]c4c(F)ccc(-c5ccccc5)c4c3CN2)cc1. The molecule has 0 spiro atoms. The van der Waals surface area contributed by atoms with Gasteiger partial charge < -0.3 is 15.4 Å². The second-order valence-corrected chi connectivity index (χ2v) is 8.93. The fourth-order valence-corrected chi connectivity index (χ4v) is 4.90. The van der Waals surface area contributed by atoms with E-state index in [1.165, 1.54) is 11.1 Å². The summed E-state index contributed by atoms with van der Waals surface area (Å²) in [5.74, 6) is -0.202. The third kappa shape index (κ3) is 4.08. The van der Waals surface area contributed by atoms with Gasteiger partial charge in [-0.3, -0.25) is 0 Å². The predicted molar refractivity (Wildman–Crippen MR) is 128 cm³/mol. The Morgan fingerprint density at radius 1 is 1.03 bits per heavy atom. The fraction of sp³-hybridized carbons (Fsp3) is 0.286. The molecule has 1 aromatic heterocycles. The lowest BCUT2D eigenvalue weighted by molar-refractivity contribution is 0.161. The number of nitrogens with one attached hydrogen (secondary N) is 2. The Hall–Kier alpha value is -2.95. The molecule has 0 radical (unpaired) electrons. The van der Waals surface area contributed by atoms with Crippen LogP contribution < -0.4 is 5.32 Å².